The number of hydrogen-bond acceptors (Lipinski definition) is 2. The number of nitrogens with zero attached hydrogens (tertiary/aromatic N) is 1. The van der Waals surface area contributed by atoms with Crippen molar-refractivity contribution in [2.75, 3.05) is 20.1 Å². The van der Waals surface area contributed by atoms with Gasteiger partial charge in [0.15, 0.2) is 0 Å². The second-order valence-electron chi connectivity index (χ2n) is 4.57. The fourth-order valence-corrected chi connectivity index (χ4v) is 2.26. The molecule has 2 nitrogen and oxygen atoms in total. The maximum absolute atomic E-state index is 3.42. The SMILES string of the molecule is CCN(CC(NC)c1ccccc1)C1CC1. The van der Waals surface area contributed by atoms with E-state index in [1.54, 1.807) is 0 Å². The van der Waals surface area contributed by atoms with Gasteiger partial charge in [0.1, 0.15) is 0 Å². The second kappa shape index (κ2) is 5.46. The Morgan fingerprint density at radius 3 is 2.50 bits per heavy atom. The molecule has 1 N–H and O–H groups in total. The minimum atomic E-state index is 0.460. The molecule has 1 aliphatic carbocycles. The summed E-state index contributed by atoms with van der Waals surface area (Å²) in [6.45, 7) is 4.55. The predicted molar refractivity (Wildman–Crippen MR) is 68.5 cm³/mol. The smallest absolute Gasteiger partial charge is 0.0446 e. The van der Waals surface area contributed by atoms with Crippen LogP contribution < -0.4 is 5.32 Å². The molecule has 0 aromatic heterocycles. The van der Waals surface area contributed by atoms with Gasteiger partial charge in [-0.15, -0.1) is 0 Å². The zero-order chi connectivity index (χ0) is 11.4. The van der Waals surface area contributed by atoms with Crippen LogP contribution in [0.25, 0.3) is 0 Å². The Kier molecular flexibility index (Phi) is 3.97. The average molecular weight is 218 g/mol. The summed E-state index contributed by atoms with van der Waals surface area (Å²) >= 11 is 0. The molecule has 1 unspecified atom stereocenters. The van der Waals surface area contributed by atoms with Crippen LogP contribution in [0.15, 0.2) is 30.3 Å². The van der Waals surface area contributed by atoms with Crippen molar-refractivity contribution in [3.8, 4) is 0 Å². The van der Waals surface area contributed by atoms with Gasteiger partial charge in [-0.1, -0.05) is 37.3 Å². The lowest BCUT2D eigenvalue weighted by Crippen LogP contribution is -2.35. The first kappa shape index (κ1) is 11.6. The number of hydrogen-bond donors (Lipinski definition) is 1. The Balaban J connectivity index is 1.99. The molecule has 2 heteroatoms. The highest BCUT2D eigenvalue weighted by molar-refractivity contribution is 5.19. The minimum Gasteiger partial charge on any atom is -0.312 e. The van der Waals surface area contributed by atoms with Gasteiger partial charge in [-0.05, 0) is 32.0 Å². The summed E-state index contributed by atoms with van der Waals surface area (Å²) in [6.07, 6.45) is 2.78. The maximum atomic E-state index is 3.42. The van der Waals surface area contributed by atoms with Gasteiger partial charge in [-0.25, -0.2) is 0 Å². The fourth-order valence-electron chi connectivity index (χ4n) is 2.26. The van der Waals surface area contributed by atoms with Crippen LogP contribution in [0.3, 0.4) is 0 Å². The van der Waals surface area contributed by atoms with Crippen molar-refractivity contribution in [2.45, 2.75) is 31.8 Å². The predicted octanol–water partition coefficient (Wildman–Crippen LogP) is 2.43. The summed E-state index contributed by atoms with van der Waals surface area (Å²) < 4.78 is 0. The molecule has 16 heavy (non-hydrogen) atoms. The molecular formula is C14H22N2. The monoisotopic (exact) mass is 218 g/mol. The maximum Gasteiger partial charge on any atom is 0.0446 e. The Hall–Kier alpha value is -0.860. The van der Waals surface area contributed by atoms with Crippen molar-refractivity contribution in [1.82, 2.24) is 10.2 Å². The third-order valence-corrected chi connectivity index (χ3v) is 3.44. The van der Waals surface area contributed by atoms with E-state index in [1.807, 2.05) is 0 Å². The summed E-state index contributed by atoms with van der Waals surface area (Å²) in [5, 5.41) is 3.42. The van der Waals surface area contributed by atoms with Crippen molar-refractivity contribution in [1.29, 1.82) is 0 Å². The van der Waals surface area contributed by atoms with E-state index in [0.717, 1.165) is 19.1 Å². The molecule has 2 rings (SSSR count). The Labute approximate surface area is 98.7 Å². The van der Waals surface area contributed by atoms with Crippen LogP contribution in [-0.2, 0) is 0 Å². The summed E-state index contributed by atoms with van der Waals surface area (Å²) in [5.74, 6) is 0. The lowest BCUT2D eigenvalue weighted by atomic mass is 10.1. The van der Waals surface area contributed by atoms with Crippen LogP contribution >= 0.6 is 0 Å². The zero-order valence-electron chi connectivity index (χ0n) is 10.3. The number of likely N-dealkylation sites (N-methyl/N-ethyl adjacent to an activating group) is 2. The molecule has 1 aromatic rings. The Bertz CT molecular complexity index is 306. The standard InChI is InChI=1S/C14H22N2/c1-3-16(13-9-10-13)11-14(15-2)12-7-5-4-6-8-12/h4-8,13-15H,3,9-11H2,1-2H3. The summed E-state index contributed by atoms with van der Waals surface area (Å²) in [5.41, 5.74) is 1.39. The van der Waals surface area contributed by atoms with E-state index >= 15 is 0 Å². The highest BCUT2D eigenvalue weighted by Gasteiger charge is 2.29. The normalized spacial score (nSPS) is 17.7. The van der Waals surface area contributed by atoms with Gasteiger partial charge in [0, 0.05) is 18.6 Å². The first-order valence-corrected chi connectivity index (χ1v) is 6.31. The van der Waals surface area contributed by atoms with Gasteiger partial charge in [0.25, 0.3) is 0 Å². The van der Waals surface area contributed by atoms with E-state index in [9.17, 15) is 0 Å². The molecule has 0 spiro atoms. The van der Waals surface area contributed by atoms with Crippen LogP contribution in [0, 0.1) is 0 Å². The lowest BCUT2D eigenvalue weighted by molar-refractivity contribution is 0.248. The number of rotatable bonds is 6. The topological polar surface area (TPSA) is 15.3 Å². The molecule has 0 radical (unpaired) electrons. The van der Waals surface area contributed by atoms with Gasteiger partial charge in [0.2, 0.25) is 0 Å². The third-order valence-electron chi connectivity index (χ3n) is 3.44. The van der Waals surface area contributed by atoms with Gasteiger partial charge >= 0.3 is 0 Å². The highest BCUT2D eigenvalue weighted by atomic mass is 15.2. The van der Waals surface area contributed by atoms with Gasteiger partial charge in [-0.3, -0.25) is 4.90 Å². The molecule has 88 valence electrons. The average Bonchev–Trinajstić information content (AvgIpc) is 3.16. The van der Waals surface area contributed by atoms with Crippen LogP contribution in [0.2, 0.25) is 0 Å². The van der Waals surface area contributed by atoms with Crippen LogP contribution in [0.4, 0.5) is 0 Å². The lowest BCUT2D eigenvalue weighted by Gasteiger charge is -2.26. The largest absolute Gasteiger partial charge is 0.312 e. The summed E-state index contributed by atoms with van der Waals surface area (Å²) in [7, 11) is 2.05. The molecule has 1 aliphatic rings. The highest BCUT2D eigenvalue weighted by Crippen LogP contribution is 2.28. The van der Waals surface area contributed by atoms with E-state index in [2.05, 4.69) is 54.5 Å². The Morgan fingerprint density at radius 2 is 2.00 bits per heavy atom. The van der Waals surface area contributed by atoms with E-state index < -0.39 is 0 Å². The third kappa shape index (κ3) is 2.83. The van der Waals surface area contributed by atoms with Gasteiger partial charge in [-0.2, -0.15) is 0 Å². The summed E-state index contributed by atoms with van der Waals surface area (Å²) in [4.78, 5) is 2.59. The fraction of sp³-hybridized carbons (Fsp3) is 0.571. The molecule has 0 saturated heterocycles. The first-order chi connectivity index (χ1) is 7.85. The summed E-state index contributed by atoms with van der Waals surface area (Å²) in [6, 6.07) is 12.0. The quantitative estimate of drug-likeness (QED) is 0.789. The van der Waals surface area contributed by atoms with Crippen LogP contribution in [-0.4, -0.2) is 31.1 Å². The molecule has 0 amide bonds. The Morgan fingerprint density at radius 1 is 1.31 bits per heavy atom. The van der Waals surface area contributed by atoms with Crippen molar-refractivity contribution >= 4 is 0 Å². The molecule has 1 aromatic carbocycles. The molecule has 1 atom stereocenters. The van der Waals surface area contributed by atoms with Crippen LogP contribution in [0.5, 0.6) is 0 Å². The molecule has 0 bridgehead atoms. The van der Waals surface area contributed by atoms with Crippen molar-refractivity contribution < 1.29 is 0 Å². The molecular weight excluding hydrogens is 196 g/mol. The molecule has 0 aliphatic heterocycles. The van der Waals surface area contributed by atoms with Crippen molar-refractivity contribution in [2.24, 2.45) is 0 Å². The van der Waals surface area contributed by atoms with E-state index in [1.165, 1.54) is 18.4 Å². The molecule has 0 heterocycles. The van der Waals surface area contributed by atoms with Crippen LogP contribution in [0.1, 0.15) is 31.4 Å². The zero-order valence-corrected chi connectivity index (χ0v) is 10.3. The van der Waals surface area contributed by atoms with Crippen molar-refractivity contribution in [3.63, 3.8) is 0 Å². The molecule has 1 fully saturated rings. The number of nitrogens with one attached hydrogen (secondary N) is 1. The second-order valence-corrected chi connectivity index (χ2v) is 4.57. The van der Waals surface area contributed by atoms with Crippen molar-refractivity contribution in [3.05, 3.63) is 35.9 Å². The van der Waals surface area contributed by atoms with Gasteiger partial charge < -0.3 is 5.32 Å². The van der Waals surface area contributed by atoms with Gasteiger partial charge in [0.05, 0.1) is 0 Å². The number of benzene rings is 1. The van der Waals surface area contributed by atoms with E-state index in [0.29, 0.717) is 6.04 Å². The van der Waals surface area contributed by atoms with E-state index in [4.69, 9.17) is 0 Å². The molecule has 1 saturated carbocycles. The van der Waals surface area contributed by atoms with E-state index in [-0.39, 0.29) is 0 Å². The minimum absolute atomic E-state index is 0.460. The first-order valence-electron chi connectivity index (χ1n) is 6.31.